The topological polar surface area (TPSA) is 76.5 Å². The molecule has 0 saturated heterocycles. The van der Waals surface area contributed by atoms with Gasteiger partial charge in [0, 0.05) is 12.4 Å². The molecule has 0 atom stereocenters. The SMILES string of the molecule is CSc1nc(Cl)c2[nH]c(=O)n(Cc3cccnc3)c2n1. The highest BCUT2D eigenvalue weighted by molar-refractivity contribution is 7.98. The fourth-order valence-electron chi connectivity index (χ4n) is 1.89. The summed E-state index contributed by atoms with van der Waals surface area (Å²) in [6, 6.07) is 3.72. The quantitative estimate of drug-likeness (QED) is 0.454. The molecule has 3 aromatic rings. The molecule has 0 bridgehead atoms. The molecule has 8 heteroatoms. The van der Waals surface area contributed by atoms with Crippen molar-refractivity contribution in [3.8, 4) is 0 Å². The number of rotatable bonds is 3. The van der Waals surface area contributed by atoms with Gasteiger partial charge in [-0.1, -0.05) is 29.4 Å². The molecule has 0 aliphatic rings. The van der Waals surface area contributed by atoms with Gasteiger partial charge in [0.2, 0.25) is 0 Å². The number of nitrogens with zero attached hydrogens (tertiary/aromatic N) is 4. The van der Waals surface area contributed by atoms with Crippen molar-refractivity contribution < 1.29 is 0 Å². The Kier molecular flexibility index (Phi) is 3.45. The zero-order valence-corrected chi connectivity index (χ0v) is 12.1. The monoisotopic (exact) mass is 307 g/mol. The zero-order valence-electron chi connectivity index (χ0n) is 10.5. The number of fused-ring (bicyclic) bond motifs is 1. The van der Waals surface area contributed by atoms with E-state index in [4.69, 9.17) is 11.6 Å². The Hall–Kier alpha value is -1.86. The zero-order chi connectivity index (χ0) is 14.1. The molecule has 0 aliphatic carbocycles. The van der Waals surface area contributed by atoms with Crippen LogP contribution in [0.2, 0.25) is 5.15 Å². The minimum absolute atomic E-state index is 0.251. The standard InChI is InChI=1S/C12H10ClN5OS/c1-20-11-16-9(13)8-10(17-11)18(12(19)15-8)6-7-3-2-4-14-5-7/h2-5H,6H2,1H3,(H,15,19). The maximum atomic E-state index is 12.0. The smallest absolute Gasteiger partial charge is 0.302 e. The highest BCUT2D eigenvalue weighted by Crippen LogP contribution is 2.21. The number of hydrogen-bond acceptors (Lipinski definition) is 5. The fourth-order valence-corrected chi connectivity index (χ4v) is 2.51. The highest BCUT2D eigenvalue weighted by atomic mass is 35.5. The van der Waals surface area contributed by atoms with Gasteiger partial charge in [0.1, 0.15) is 5.52 Å². The molecule has 20 heavy (non-hydrogen) atoms. The number of hydrogen-bond donors (Lipinski definition) is 1. The molecule has 0 fully saturated rings. The Morgan fingerprint density at radius 2 is 2.30 bits per heavy atom. The van der Waals surface area contributed by atoms with Gasteiger partial charge in [0.25, 0.3) is 0 Å². The third-order valence-corrected chi connectivity index (χ3v) is 3.63. The van der Waals surface area contributed by atoms with Crippen LogP contribution < -0.4 is 5.69 Å². The van der Waals surface area contributed by atoms with Crippen molar-refractivity contribution in [1.82, 2.24) is 24.5 Å². The van der Waals surface area contributed by atoms with E-state index in [1.54, 1.807) is 12.4 Å². The number of nitrogens with one attached hydrogen (secondary N) is 1. The van der Waals surface area contributed by atoms with E-state index in [2.05, 4.69) is 19.9 Å². The normalized spacial score (nSPS) is 11.1. The number of halogens is 1. The molecule has 3 heterocycles. The van der Waals surface area contributed by atoms with Gasteiger partial charge in [0.15, 0.2) is 16.0 Å². The first-order valence-corrected chi connectivity index (χ1v) is 7.38. The van der Waals surface area contributed by atoms with Gasteiger partial charge in [-0.3, -0.25) is 9.55 Å². The molecule has 1 N–H and O–H groups in total. The van der Waals surface area contributed by atoms with Crippen LogP contribution in [0.1, 0.15) is 5.56 Å². The summed E-state index contributed by atoms with van der Waals surface area (Å²) in [6.45, 7) is 0.383. The summed E-state index contributed by atoms with van der Waals surface area (Å²) in [5, 5.41) is 0.780. The summed E-state index contributed by atoms with van der Waals surface area (Å²) >= 11 is 7.44. The Morgan fingerprint density at radius 3 is 3.00 bits per heavy atom. The Balaban J connectivity index is 2.17. The predicted octanol–water partition coefficient (Wildman–Crippen LogP) is 1.94. The lowest BCUT2D eigenvalue weighted by molar-refractivity contribution is 0.768. The van der Waals surface area contributed by atoms with Crippen LogP contribution in [0.5, 0.6) is 0 Å². The lowest BCUT2D eigenvalue weighted by atomic mass is 10.3. The van der Waals surface area contributed by atoms with Crippen LogP contribution in [0, 0.1) is 0 Å². The highest BCUT2D eigenvalue weighted by Gasteiger charge is 2.14. The first kappa shape index (κ1) is 13.1. The molecule has 0 amide bonds. The van der Waals surface area contributed by atoms with Crippen LogP contribution in [0.15, 0.2) is 34.5 Å². The van der Waals surface area contributed by atoms with Crippen molar-refractivity contribution in [1.29, 1.82) is 0 Å². The van der Waals surface area contributed by atoms with Gasteiger partial charge in [-0.15, -0.1) is 0 Å². The van der Waals surface area contributed by atoms with E-state index in [0.29, 0.717) is 22.9 Å². The Labute approximate surface area is 123 Å². The second-order valence-corrected chi connectivity index (χ2v) is 5.21. The van der Waals surface area contributed by atoms with E-state index in [-0.39, 0.29) is 10.8 Å². The summed E-state index contributed by atoms with van der Waals surface area (Å²) in [5.74, 6) is 0. The largest absolute Gasteiger partial charge is 0.328 e. The summed E-state index contributed by atoms with van der Waals surface area (Å²) < 4.78 is 1.53. The number of thioether (sulfide) groups is 1. The number of pyridine rings is 1. The van der Waals surface area contributed by atoms with Crippen LogP contribution in [-0.4, -0.2) is 30.8 Å². The van der Waals surface area contributed by atoms with E-state index in [1.807, 2.05) is 18.4 Å². The van der Waals surface area contributed by atoms with E-state index in [0.717, 1.165) is 5.56 Å². The summed E-state index contributed by atoms with van der Waals surface area (Å²) in [6.07, 6.45) is 5.25. The number of imidazole rings is 1. The van der Waals surface area contributed by atoms with Crippen LogP contribution in [0.25, 0.3) is 11.2 Å². The van der Waals surface area contributed by atoms with Crippen LogP contribution in [0.4, 0.5) is 0 Å². The van der Waals surface area contributed by atoms with Crippen molar-refractivity contribution in [2.75, 3.05) is 6.26 Å². The first-order valence-electron chi connectivity index (χ1n) is 5.78. The first-order chi connectivity index (χ1) is 9.69. The van der Waals surface area contributed by atoms with Gasteiger partial charge >= 0.3 is 5.69 Å². The van der Waals surface area contributed by atoms with Crippen LogP contribution in [0.3, 0.4) is 0 Å². The third-order valence-electron chi connectivity index (χ3n) is 2.80. The van der Waals surface area contributed by atoms with Crippen LogP contribution >= 0.6 is 23.4 Å². The number of aromatic amines is 1. The second kappa shape index (κ2) is 5.26. The van der Waals surface area contributed by atoms with Crippen LogP contribution in [-0.2, 0) is 6.54 Å². The molecule has 3 aromatic heterocycles. The Bertz CT molecular complexity index is 814. The summed E-state index contributed by atoms with van der Waals surface area (Å²) in [4.78, 5) is 27.2. The molecule has 0 spiro atoms. The lowest BCUT2D eigenvalue weighted by Gasteiger charge is -2.03. The molecule has 0 radical (unpaired) electrons. The van der Waals surface area contributed by atoms with Gasteiger partial charge in [-0.2, -0.15) is 0 Å². The van der Waals surface area contributed by atoms with Crippen molar-refractivity contribution in [2.24, 2.45) is 0 Å². The van der Waals surface area contributed by atoms with E-state index < -0.39 is 0 Å². The summed E-state index contributed by atoms with van der Waals surface area (Å²) in [5.41, 5.74) is 1.61. The molecule has 0 saturated carbocycles. The molecule has 0 unspecified atom stereocenters. The molecule has 3 rings (SSSR count). The van der Waals surface area contributed by atoms with Gasteiger partial charge in [-0.25, -0.2) is 14.8 Å². The fraction of sp³-hybridized carbons (Fsp3) is 0.167. The number of H-pyrrole nitrogens is 1. The predicted molar refractivity (Wildman–Crippen MR) is 78.3 cm³/mol. The van der Waals surface area contributed by atoms with Gasteiger partial charge < -0.3 is 4.98 Å². The maximum absolute atomic E-state index is 12.0. The molecule has 0 aliphatic heterocycles. The van der Waals surface area contributed by atoms with Crippen molar-refractivity contribution in [3.05, 3.63) is 45.7 Å². The van der Waals surface area contributed by atoms with E-state index in [9.17, 15) is 4.79 Å². The van der Waals surface area contributed by atoms with Crippen molar-refractivity contribution in [2.45, 2.75) is 11.7 Å². The van der Waals surface area contributed by atoms with Gasteiger partial charge in [-0.05, 0) is 17.9 Å². The molecule has 0 aromatic carbocycles. The van der Waals surface area contributed by atoms with E-state index in [1.165, 1.54) is 16.3 Å². The van der Waals surface area contributed by atoms with Gasteiger partial charge in [0.05, 0.1) is 6.54 Å². The van der Waals surface area contributed by atoms with Crippen molar-refractivity contribution in [3.63, 3.8) is 0 Å². The molecular formula is C12H10ClN5OS. The average Bonchev–Trinajstić information content (AvgIpc) is 2.77. The minimum atomic E-state index is -0.265. The maximum Gasteiger partial charge on any atom is 0.328 e. The van der Waals surface area contributed by atoms with E-state index >= 15 is 0 Å². The summed E-state index contributed by atoms with van der Waals surface area (Å²) in [7, 11) is 0. The third kappa shape index (κ3) is 2.30. The second-order valence-electron chi connectivity index (χ2n) is 4.08. The molecule has 6 nitrogen and oxygen atoms in total. The minimum Gasteiger partial charge on any atom is -0.302 e. The lowest BCUT2D eigenvalue weighted by Crippen LogP contribution is -2.17. The Morgan fingerprint density at radius 1 is 1.45 bits per heavy atom. The average molecular weight is 308 g/mol. The molecule has 102 valence electrons. The molecular weight excluding hydrogens is 298 g/mol. The van der Waals surface area contributed by atoms with Crippen molar-refractivity contribution >= 4 is 34.5 Å². The number of aromatic nitrogens is 5.